The topological polar surface area (TPSA) is 67.5 Å². The Morgan fingerprint density at radius 3 is 2.48 bits per heavy atom. The second kappa shape index (κ2) is 8.72. The third-order valence-corrected chi connectivity index (χ3v) is 5.65. The van der Waals surface area contributed by atoms with Gasteiger partial charge in [-0.1, -0.05) is 62.7 Å². The monoisotopic (exact) mass is 413 g/mol. The predicted molar refractivity (Wildman–Crippen MR) is 123 cm³/mol. The molecule has 0 amide bonds. The van der Waals surface area contributed by atoms with E-state index in [2.05, 4.69) is 39.0 Å². The molecule has 0 unspecified atom stereocenters. The summed E-state index contributed by atoms with van der Waals surface area (Å²) in [6.45, 7) is 6.37. The normalized spacial score (nSPS) is 11.2. The first kappa shape index (κ1) is 20.8. The van der Waals surface area contributed by atoms with Gasteiger partial charge in [0.25, 0.3) is 0 Å². The zero-order valence-corrected chi connectivity index (χ0v) is 18.2. The SMILES string of the molecule is CCCc1nn2c(C)cc(CC)nc2c1Cc1ccc(-c2ccccc2C(=O)O)cc1. The van der Waals surface area contributed by atoms with Crippen LogP contribution in [0, 0.1) is 6.92 Å². The lowest BCUT2D eigenvalue weighted by molar-refractivity contribution is 0.0697. The third kappa shape index (κ3) is 4.08. The Hall–Kier alpha value is -3.47. The number of hydrogen-bond acceptors (Lipinski definition) is 3. The molecule has 4 rings (SSSR count). The number of aromatic carboxylic acids is 1. The van der Waals surface area contributed by atoms with E-state index in [4.69, 9.17) is 10.1 Å². The molecular formula is C26H27N3O2. The molecule has 0 fully saturated rings. The highest BCUT2D eigenvalue weighted by Gasteiger charge is 2.17. The van der Waals surface area contributed by atoms with E-state index in [1.165, 1.54) is 5.56 Å². The van der Waals surface area contributed by atoms with Gasteiger partial charge in [-0.25, -0.2) is 14.3 Å². The molecule has 2 aromatic carbocycles. The van der Waals surface area contributed by atoms with Crippen molar-refractivity contribution in [3.63, 3.8) is 0 Å². The molecule has 0 bridgehead atoms. The van der Waals surface area contributed by atoms with E-state index in [0.717, 1.165) is 65.1 Å². The lowest BCUT2D eigenvalue weighted by Crippen LogP contribution is -2.00. The molecule has 31 heavy (non-hydrogen) atoms. The number of hydrogen-bond donors (Lipinski definition) is 1. The summed E-state index contributed by atoms with van der Waals surface area (Å²) in [6, 6.07) is 17.4. The summed E-state index contributed by atoms with van der Waals surface area (Å²) in [4.78, 5) is 16.4. The largest absolute Gasteiger partial charge is 0.478 e. The standard InChI is InChI=1S/C26H27N3O2/c1-4-8-24-23(25-27-20(5-2)15-17(3)29(25)28-24)16-18-11-13-19(14-12-18)21-9-6-7-10-22(21)26(30)31/h6-7,9-15H,4-5,8,16H2,1-3H3,(H,30,31). The number of rotatable bonds is 7. The summed E-state index contributed by atoms with van der Waals surface area (Å²) in [5, 5.41) is 14.3. The molecule has 1 N–H and O–H groups in total. The number of carbonyl (C=O) groups is 1. The molecule has 5 heteroatoms. The minimum absolute atomic E-state index is 0.315. The molecule has 5 nitrogen and oxygen atoms in total. The first-order valence-electron chi connectivity index (χ1n) is 10.8. The highest BCUT2D eigenvalue weighted by molar-refractivity contribution is 5.96. The average Bonchev–Trinajstić information content (AvgIpc) is 3.12. The highest BCUT2D eigenvalue weighted by Crippen LogP contribution is 2.26. The van der Waals surface area contributed by atoms with E-state index in [9.17, 15) is 9.90 Å². The molecule has 4 aromatic rings. The van der Waals surface area contributed by atoms with Crippen molar-refractivity contribution < 1.29 is 9.90 Å². The van der Waals surface area contributed by atoms with Crippen molar-refractivity contribution in [3.05, 3.63) is 88.4 Å². The van der Waals surface area contributed by atoms with E-state index >= 15 is 0 Å². The fourth-order valence-electron chi connectivity index (χ4n) is 4.04. The fourth-order valence-corrected chi connectivity index (χ4v) is 4.04. The smallest absolute Gasteiger partial charge is 0.336 e. The van der Waals surface area contributed by atoms with Gasteiger partial charge in [0.1, 0.15) is 0 Å². The van der Waals surface area contributed by atoms with Gasteiger partial charge in [-0.05, 0) is 48.6 Å². The molecule has 0 aliphatic rings. The van der Waals surface area contributed by atoms with Crippen molar-refractivity contribution in [2.45, 2.75) is 46.5 Å². The van der Waals surface area contributed by atoms with Crippen LogP contribution < -0.4 is 0 Å². The van der Waals surface area contributed by atoms with Crippen molar-refractivity contribution in [2.75, 3.05) is 0 Å². The van der Waals surface area contributed by atoms with Gasteiger partial charge in [-0.3, -0.25) is 0 Å². The van der Waals surface area contributed by atoms with E-state index in [-0.39, 0.29) is 0 Å². The maximum atomic E-state index is 11.6. The van der Waals surface area contributed by atoms with Gasteiger partial charge in [-0.2, -0.15) is 5.10 Å². The molecule has 0 saturated carbocycles. The van der Waals surface area contributed by atoms with Crippen LogP contribution in [0.25, 0.3) is 16.8 Å². The van der Waals surface area contributed by atoms with Gasteiger partial charge < -0.3 is 5.11 Å². The number of benzene rings is 2. The summed E-state index contributed by atoms with van der Waals surface area (Å²) in [7, 11) is 0. The van der Waals surface area contributed by atoms with Gasteiger partial charge in [0, 0.05) is 23.4 Å². The number of nitrogens with zero attached hydrogens (tertiary/aromatic N) is 3. The Bertz CT molecular complexity index is 1240. The predicted octanol–water partition coefficient (Wildman–Crippen LogP) is 5.51. The number of fused-ring (bicyclic) bond motifs is 1. The molecule has 0 spiro atoms. The lowest BCUT2D eigenvalue weighted by Gasteiger charge is -2.08. The Morgan fingerprint density at radius 1 is 1.06 bits per heavy atom. The van der Waals surface area contributed by atoms with Crippen LogP contribution in [0.5, 0.6) is 0 Å². The Kier molecular flexibility index (Phi) is 5.85. The van der Waals surface area contributed by atoms with E-state index in [1.54, 1.807) is 12.1 Å². The Balaban J connectivity index is 1.72. The second-order valence-corrected chi connectivity index (χ2v) is 7.88. The quantitative estimate of drug-likeness (QED) is 0.434. The van der Waals surface area contributed by atoms with Crippen molar-refractivity contribution >= 4 is 11.6 Å². The molecular weight excluding hydrogens is 386 g/mol. The minimum Gasteiger partial charge on any atom is -0.478 e. The molecule has 0 saturated heterocycles. The van der Waals surface area contributed by atoms with Crippen LogP contribution in [0.15, 0.2) is 54.6 Å². The summed E-state index contributed by atoms with van der Waals surface area (Å²) in [5.74, 6) is -0.914. The van der Waals surface area contributed by atoms with Gasteiger partial charge >= 0.3 is 5.97 Å². The average molecular weight is 414 g/mol. The van der Waals surface area contributed by atoms with Crippen LogP contribution in [0.3, 0.4) is 0 Å². The van der Waals surface area contributed by atoms with E-state index < -0.39 is 5.97 Å². The van der Waals surface area contributed by atoms with Crippen molar-refractivity contribution in [2.24, 2.45) is 0 Å². The molecule has 0 atom stereocenters. The zero-order chi connectivity index (χ0) is 22.0. The number of aryl methyl sites for hydroxylation is 3. The number of carboxylic acid groups (broad SMARTS) is 1. The molecule has 2 heterocycles. The van der Waals surface area contributed by atoms with Crippen LogP contribution in [0.4, 0.5) is 0 Å². The van der Waals surface area contributed by atoms with Crippen LogP contribution >= 0.6 is 0 Å². The van der Waals surface area contributed by atoms with Crippen LogP contribution in [0.1, 0.15) is 58.8 Å². The zero-order valence-electron chi connectivity index (χ0n) is 18.2. The van der Waals surface area contributed by atoms with Crippen molar-refractivity contribution in [1.82, 2.24) is 14.6 Å². The van der Waals surface area contributed by atoms with E-state index in [0.29, 0.717) is 5.56 Å². The number of aromatic nitrogens is 3. The third-order valence-electron chi connectivity index (χ3n) is 5.65. The highest BCUT2D eigenvalue weighted by atomic mass is 16.4. The van der Waals surface area contributed by atoms with E-state index in [1.807, 2.05) is 28.8 Å². The van der Waals surface area contributed by atoms with Crippen molar-refractivity contribution in [1.29, 1.82) is 0 Å². The molecule has 2 aromatic heterocycles. The maximum absolute atomic E-state index is 11.6. The van der Waals surface area contributed by atoms with Gasteiger partial charge in [0.15, 0.2) is 5.65 Å². The van der Waals surface area contributed by atoms with Crippen molar-refractivity contribution in [3.8, 4) is 11.1 Å². The fraction of sp³-hybridized carbons (Fsp3) is 0.269. The summed E-state index contributed by atoms with van der Waals surface area (Å²) in [5.41, 5.74) is 8.51. The van der Waals surface area contributed by atoms with Crippen LogP contribution in [-0.4, -0.2) is 25.7 Å². The first-order valence-corrected chi connectivity index (χ1v) is 10.8. The molecule has 0 radical (unpaired) electrons. The molecule has 0 aliphatic carbocycles. The van der Waals surface area contributed by atoms with Gasteiger partial charge in [-0.15, -0.1) is 0 Å². The van der Waals surface area contributed by atoms with Gasteiger partial charge in [0.05, 0.1) is 11.3 Å². The molecule has 0 aliphatic heterocycles. The summed E-state index contributed by atoms with van der Waals surface area (Å²) >= 11 is 0. The molecule has 158 valence electrons. The lowest BCUT2D eigenvalue weighted by atomic mass is 9.96. The van der Waals surface area contributed by atoms with Crippen LogP contribution in [-0.2, 0) is 19.3 Å². The Labute approximate surface area is 182 Å². The minimum atomic E-state index is -0.914. The van der Waals surface area contributed by atoms with Crippen LogP contribution in [0.2, 0.25) is 0 Å². The number of carboxylic acids is 1. The Morgan fingerprint density at radius 2 is 1.81 bits per heavy atom. The summed E-state index contributed by atoms with van der Waals surface area (Å²) < 4.78 is 1.97. The maximum Gasteiger partial charge on any atom is 0.336 e. The summed E-state index contributed by atoms with van der Waals surface area (Å²) in [6.07, 6.45) is 3.59. The van der Waals surface area contributed by atoms with Gasteiger partial charge in [0.2, 0.25) is 0 Å². The first-order chi connectivity index (χ1) is 15.0. The second-order valence-electron chi connectivity index (χ2n) is 7.88.